The molecule has 0 spiro atoms. The van der Waals surface area contributed by atoms with Crippen LogP contribution >= 0.6 is 0 Å². The Morgan fingerprint density at radius 1 is 1.07 bits per heavy atom. The molecular weight excluding hydrogens is 384 g/mol. The molecule has 30 heavy (non-hydrogen) atoms. The highest BCUT2D eigenvalue weighted by Gasteiger charge is 2.68. The van der Waals surface area contributed by atoms with Gasteiger partial charge in [0.1, 0.15) is 18.0 Å². The van der Waals surface area contributed by atoms with E-state index in [1.807, 2.05) is 18.2 Å². The number of benzene rings is 1. The van der Waals surface area contributed by atoms with Crippen molar-refractivity contribution in [3.63, 3.8) is 0 Å². The van der Waals surface area contributed by atoms with Crippen molar-refractivity contribution in [1.29, 1.82) is 0 Å². The minimum Gasteiger partial charge on any atom is -0.508 e. The Morgan fingerprint density at radius 3 is 2.57 bits per heavy atom. The van der Waals surface area contributed by atoms with Crippen molar-refractivity contribution in [3.8, 4) is 5.75 Å². The summed E-state index contributed by atoms with van der Waals surface area (Å²) in [6.07, 6.45) is 12.2. The number of hydrogen-bond donors (Lipinski definition) is 3. The summed E-state index contributed by atoms with van der Waals surface area (Å²) in [5.41, 5.74) is 1.09. The molecule has 162 valence electrons. The van der Waals surface area contributed by atoms with Crippen LogP contribution in [0, 0.1) is 11.8 Å². The number of phenolic OH excluding ortho intramolecular Hbond substituents is 1. The SMILES string of the molecule is O=C(O)CCC/C=C\C[C@H]1[C@@H](/C=C/[C@H](O)CCc2ccc(O)cc2)[C@H]2O[C@@H]1[C@H]1O[C@H]12. The second kappa shape index (κ2) is 9.33. The number of carbonyl (C=O) groups is 1. The number of aliphatic hydroxyl groups is 1. The quantitative estimate of drug-likeness (QED) is 0.292. The molecule has 2 bridgehead atoms. The van der Waals surface area contributed by atoms with Gasteiger partial charge >= 0.3 is 5.97 Å². The highest BCUT2D eigenvalue weighted by atomic mass is 16.7. The minimum atomic E-state index is -0.754. The molecule has 0 radical (unpaired) electrons. The van der Waals surface area contributed by atoms with Crippen molar-refractivity contribution in [2.75, 3.05) is 0 Å². The van der Waals surface area contributed by atoms with Gasteiger partial charge in [-0.25, -0.2) is 0 Å². The molecule has 6 heteroatoms. The van der Waals surface area contributed by atoms with Crippen LogP contribution < -0.4 is 0 Å². The maximum atomic E-state index is 10.6. The Hall–Kier alpha value is -2.15. The van der Waals surface area contributed by atoms with E-state index in [1.165, 1.54) is 0 Å². The van der Waals surface area contributed by atoms with Crippen molar-refractivity contribution in [2.24, 2.45) is 11.8 Å². The van der Waals surface area contributed by atoms with Crippen LogP contribution in [0.25, 0.3) is 0 Å². The van der Waals surface area contributed by atoms with Crippen LogP contribution in [0.5, 0.6) is 5.75 Å². The number of epoxide rings is 1. The summed E-state index contributed by atoms with van der Waals surface area (Å²) in [7, 11) is 0. The smallest absolute Gasteiger partial charge is 0.303 e. The summed E-state index contributed by atoms with van der Waals surface area (Å²) in [5, 5.41) is 28.5. The second-order valence-corrected chi connectivity index (χ2v) is 8.52. The number of aromatic hydroxyl groups is 1. The average molecular weight is 414 g/mol. The van der Waals surface area contributed by atoms with Crippen molar-refractivity contribution in [3.05, 3.63) is 54.1 Å². The highest BCUT2D eigenvalue weighted by molar-refractivity contribution is 5.66. The van der Waals surface area contributed by atoms with E-state index in [0.29, 0.717) is 18.8 Å². The lowest BCUT2D eigenvalue weighted by atomic mass is 9.77. The maximum Gasteiger partial charge on any atom is 0.303 e. The molecule has 0 saturated carbocycles. The highest BCUT2D eigenvalue weighted by Crippen LogP contribution is 2.55. The molecule has 3 N–H and O–H groups in total. The molecule has 1 aromatic rings. The maximum absolute atomic E-state index is 10.6. The zero-order valence-corrected chi connectivity index (χ0v) is 17.0. The van der Waals surface area contributed by atoms with E-state index in [0.717, 1.165) is 24.8 Å². The number of rotatable bonds is 11. The van der Waals surface area contributed by atoms with Crippen LogP contribution in [0.4, 0.5) is 0 Å². The molecular formula is C24H30O6. The van der Waals surface area contributed by atoms with Crippen LogP contribution in [0.1, 0.15) is 37.7 Å². The van der Waals surface area contributed by atoms with Crippen LogP contribution in [-0.4, -0.2) is 51.8 Å². The van der Waals surface area contributed by atoms with Gasteiger partial charge in [-0.15, -0.1) is 0 Å². The molecule has 0 amide bonds. The Morgan fingerprint density at radius 2 is 1.80 bits per heavy atom. The van der Waals surface area contributed by atoms with Gasteiger partial charge < -0.3 is 24.8 Å². The van der Waals surface area contributed by atoms with Gasteiger partial charge in [-0.05, 0) is 49.8 Å². The summed E-state index contributed by atoms with van der Waals surface area (Å²) < 4.78 is 11.9. The number of phenols is 1. The largest absolute Gasteiger partial charge is 0.508 e. The first-order valence-corrected chi connectivity index (χ1v) is 10.8. The first-order chi connectivity index (χ1) is 14.5. The van der Waals surface area contributed by atoms with E-state index in [-0.39, 0.29) is 42.5 Å². The lowest BCUT2D eigenvalue weighted by molar-refractivity contribution is -0.137. The number of carboxylic acids is 1. The number of allylic oxidation sites excluding steroid dienone is 2. The zero-order valence-electron chi connectivity index (χ0n) is 17.0. The Bertz CT molecular complexity index is 785. The fourth-order valence-electron chi connectivity index (χ4n) is 4.73. The lowest BCUT2D eigenvalue weighted by Crippen LogP contribution is -2.31. The number of aliphatic hydroxyl groups excluding tert-OH is 1. The molecule has 0 aromatic heterocycles. The summed E-state index contributed by atoms with van der Waals surface area (Å²) in [6, 6.07) is 7.07. The monoisotopic (exact) mass is 414 g/mol. The van der Waals surface area contributed by atoms with Gasteiger partial charge in [0.15, 0.2) is 0 Å². The number of fused-ring (bicyclic) bond motifs is 5. The Balaban J connectivity index is 1.28. The van der Waals surface area contributed by atoms with Crippen molar-refractivity contribution < 1.29 is 29.6 Å². The molecule has 4 rings (SSSR count). The molecule has 1 aromatic carbocycles. The van der Waals surface area contributed by atoms with E-state index in [1.54, 1.807) is 12.1 Å². The molecule has 6 nitrogen and oxygen atoms in total. The van der Waals surface area contributed by atoms with E-state index in [9.17, 15) is 15.0 Å². The predicted molar refractivity (Wildman–Crippen MR) is 111 cm³/mol. The van der Waals surface area contributed by atoms with Gasteiger partial charge in [-0.2, -0.15) is 0 Å². The molecule has 7 atom stereocenters. The standard InChI is InChI=1S/C24H30O6/c25-16-10-7-15(8-11-16)9-12-17(26)13-14-19-18(5-3-1-2-4-6-20(27)28)21-23-24(30-23)22(19)29-21/h1,3,7-8,10-11,13-14,17-19,21-26H,2,4-6,9,12H2,(H,27,28)/b3-1-,14-13+/t17-,18+,19-,21+,22-,23-,24+/m1/s1. The first-order valence-electron chi connectivity index (χ1n) is 10.8. The predicted octanol–water partition coefficient (Wildman–Crippen LogP) is 3.22. The van der Waals surface area contributed by atoms with Gasteiger partial charge in [0.25, 0.3) is 0 Å². The van der Waals surface area contributed by atoms with Crippen LogP contribution in [-0.2, 0) is 20.7 Å². The summed E-state index contributed by atoms with van der Waals surface area (Å²) in [4.78, 5) is 10.6. The lowest BCUT2D eigenvalue weighted by Gasteiger charge is -2.22. The number of ether oxygens (including phenoxy) is 2. The Labute approximate surface area is 176 Å². The topological polar surface area (TPSA) is 99.5 Å². The average Bonchev–Trinajstić information content (AvgIpc) is 3.35. The molecule has 0 aliphatic carbocycles. The van der Waals surface area contributed by atoms with Gasteiger partial charge in [0, 0.05) is 18.3 Å². The van der Waals surface area contributed by atoms with Crippen LogP contribution in [0.2, 0.25) is 0 Å². The van der Waals surface area contributed by atoms with Crippen molar-refractivity contribution in [1.82, 2.24) is 0 Å². The number of aryl methyl sites for hydroxylation is 1. The molecule has 3 aliphatic rings. The third-order valence-electron chi connectivity index (χ3n) is 6.38. The molecule has 3 saturated heterocycles. The van der Waals surface area contributed by atoms with E-state index in [2.05, 4.69) is 18.2 Å². The molecule has 3 fully saturated rings. The van der Waals surface area contributed by atoms with Crippen LogP contribution in [0.3, 0.4) is 0 Å². The third-order valence-corrected chi connectivity index (χ3v) is 6.38. The zero-order chi connectivity index (χ0) is 21.1. The van der Waals surface area contributed by atoms with Gasteiger partial charge in [-0.3, -0.25) is 4.79 Å². The molecule has 0 unspecified atom stereocenters. The summed E-state index contributed by atoms with van der Waals surface area (Å²) in [6.45, 7) is 0. The van der Waals surface area contributed by atoms with Crippen molar-refractivity contribution >= 4 is 5.97 Å². The van der Waals surface area contributed by atoms with Gasteiger partial charge in [0.05, 0.1) is 18.3 Å². The third kappa shape index (κ3) is 4.94. The van der Waals surface area contributed by atoms with Gasteiger partial charge in [0.2, 0.25) is 0 Å². The summed E-state index contributed by atoms with van der Waals surface area (Å²) in [5.74, 6) is 0.0508. The summed E-state index contributed by atoms with van der Waals surface area (Å²) >= 11 is 0. The molecule has 3 aliphatic heterocycles. The van der Waals surface area contributed by atoms with E-state index < -0.39 is 12.1 Å². The van der Waals surface area contributed by atoms with Crippen LogP contribution in [0.15, 0.2) is 48.6 Å². The second-order valence-electron chi connectivity index (χ2n) is 8.52. The van der Waals surface area contributed by atoms with Gasteiger partial charge in [-0.1, -0.05) is 36.4 Å². The number of aliphatic carboxylic acids is 1. The van der Waals surface area contributed by atoms with E-state index in [4.69, 9.17) is 14.6 Å². The fraction of sp³-hybridized carbons (Fsp3) is 0.542. The Kier molecular flexibility index (Phi) is 6.56. The number of carboxylic acid groups (broad SMARTS) is 1. The normalized spacial score (nSPS) is 32.7. The van der Waals surface area contributed by atoms with Crippen molar-refractivity contribution in [2.45, 2.75) is 69.0 Å². The number of hydrogen-bond acceptors (Lipinski definition) is 5. The minimum absolute atomic E-state index is 0.0750. The molecule has 3 heterocycles. The first kappa shape index (κ1) is 21.1. The number of unbranched alkanes of at least 4 members (excludes halogenated alkanes) is 1. The fourth-order valence-corrected chi connectivity index (χ4v) is 4.73. The van der Waals surface area contributed by atoms with E-state index >= 15 is 0 Å².